The molecule has 0 saturated carbocycles. The molecule has 71 heavy (non-hydrogen) atoms. The van der Waals surface area contributed by atoms with Crippen molar-refractivity contribution in [1.82, 2.24) is 0 Å². The van der Waals surface area contributed by atoms with Gasteiger partial charge >= 0.3 is 44.8 Å². The molecule has 13 rings (SSSR count). The molecule has 0 N–H and O–H groups in total. The summed E-state index contributed by atoms with van der Waals surface area (Å²) in [4.78, 5) is 0. The van der Waals surface area contributed by atoms with E-state index in [0.717, 1.165) is 66.2 Å². The Morgan fingerprint density at radius 1 is 0.268 bits per heavy atom. The van der Waals surface area contributed by atoms with E-state index in [-0.39, 0.29) is 44.8 Å². The summed E-state index contributed by atoms with van der Waals surface area (Å²) >= 11 is 0. The summed E-state index contributed by atoms with van der Waals surface area (Å²) < 4.78 is 17.8. The molecule has 0 aliphatic carbocycles. The Morgan fingerprint density at radius 3 is 1.03 bits per heavy atom. The van der Waals surface area contributed by atoms with E-state index in [1.165, 1.54) is 42.6 Å². The molecule has 0 bridgehead atoms. The van der Waals surface area contributed by atoms with Crippen LogP contribution in [-0.2, 0) is 44.8 Å². The number of fused-ring (bicyclic) bond motifs is 9. The summed E-state index contributed by atoms with van der Waals surface area (Å²) in [6, 6.07) is 84.6. The average Bonchev–Trinajstić information content (AvgIpc) is 4.11. The molecule has 0 amide bonds. The molecule has 0 saturated heterocycles. The molecule has 0 unspecified atom stereocenters. The molecule has 0 spiro atoms. The van der Waals surface area contributed by atoms with E-state index in [9.17, 15) is 0 Å². The molecule has 7 heteroatoms. The van der Waals surface area contributed by atoms with Gasteiger partial charge in [-0.15, -0.1) is 29.3 Å². The Hall–Kier alpha value is -6.94. The van der Waals surface area contributed by atoms with Gasteiger partial charge in [-0.3, -0.25) is 11.8 Å². The standard InChI is InChI=1S/C36H26OP2.2C14H7O.2Au/c1-5-15-27(16-6-1)38(28-17-7-2-8-18-28)35-25-32-31-23-13-14-24-33(31)37-34(32)26-36(35)39(29-19-9-3-10-20-29)30-21-11-4-12-22-30;1-2-10-7-8-14-12(9-10)11-5-3-4-6-13(11)15-14;1-2-10-7-8-12-11-5-3-4-6-13(11)15-14(12)9-10;;/h1-26H;2*3-9H;;/q;2*-1;2*+1/p+2. The smallest absolute Gasteiger partial charge is 0.458 e. The fraction of sp³-hybridized carbons (Fsp3) is 0. The van der Waals surface area contributed by atoms with Gasteiger partial charge in [0.2, 0.25) is 0 Å². The Balaban J connectivity index is 0.000000159. The quantitative estimate of drug-likeness (QED) is 0.0721. The third kappa shape index (κ3) is 10.2. The van der Waals surface area contributed by atoms with Crippen LogP contribution < -0.4 is 31.8 Å². The molecule has 3 heterocycles. The van der Waals surface area contributed by atoms with Gasteiger partial charge in [0.05, 0.1) is 0 Å². The first-order valence-electron chi connectivity index (χ1n) is 22.7. The molecular formula is C64H42Au2O3P2+2. The molecule has 0 fully saturated rings. The van der Waals surface area contributed by atoms with Crippen LogP contribution in [0.25, 0.3) is 65.8 Å². The predicted octanol–water partition coefficient (Wildman–Crippen LogP) is 13.6. The van der Waals surface area contributed by atoms with Crippen molar-refractivity contribution in [2.24, 2.45) is 0 Å². The summed E-state index contributed by atoms with van der Waals surface area (Å²) in [5.41, 5.74) is 6.85. The van der Waals surface area contributed by atoms with E-state index < -0.39 is 15.8 Å². The van der Waals surface area contributed by atoms with Crippen molar-refractivity contribution in [3.63, 3.8) is 0 Å². The number of hydrogen-bond donors (Lipinski definition) is 0. The Kier molecular flexibility index (Phi) is 15.5. The van der Waals surface area contributed by atoms with Crippen LogP contribution in [0.1, 0.15) is 11.1 Å². The van der Waals surface area contributed by atoms with Crippen LogP contribution >= 0.6 is 15.8 Å². The second kappa shape index (κ2) is 22.4. The van der Waals surface area contributed by atoms with Gasteiger partial charge < -0.3 is 26.1 Å². The zero-order valence-corrected chi connectivity index (χ0v) is 44.3. The van der Waals surface area contributed by atoms with Crippen molar-refractivity contribution in [2.75, 3.05) is 0 Å². The molecule has 13 aromatic rings. The van der Waals surface area contributed by atoms with E-state index in [1.54, 1.807) is 0 Å². The predicted molar refractivity (Wildman–Crippen MR) is 294 cm³/mol. The van der Waals surface area contributed by atoms with Crippen LogP contribution in [0.15, 0.2) is 256 Å². The second-order valence-electron chi connectivity index (χ2n) is 16.6. The topological polar surface area (TPSA) is 39.4 Å². The van der Waals surface area contributed by atoms with Gasteiger partial charge in [-0.25, -0.2) is 0 Å². The summed E-state index contributed by atoms with van der Waals surface area (Å²) in [7, 11) is -2.65. The van der Waals surface area contributed by atoms with Crippen molar-refractivity contribution in [1.29, 1.82) is 0 Å². The van der Waals surface area contributed by atoms with Crippen molar-refractivity contribution in [2.45, 2.75) is 0 Å². The molecular weight excluding hydrogens is 1270 g/mol. The van der Waals surface area contributed by atoms with E-state index in [1.807, 2.05) is 84.9 Å². The third-order valence-corrected chi connectivity index (χ3v) is 18.1. The van der Waals surface area contributed by atoms with Gasteiger partial charge in [0, 0.05) is 38.4 Å². The van der Waals surface area contributed by atoms with Crippen LogP contribution in [0.3, 0.4) is 0 Å². The van der Waals surface area contributed by atoms with E-state index >= 15 is 0 Å². The monoisotopic (exact) mass is 1310 g/mol. The Morgan fingerprint density at radius 2 is 0.577 bits per heavy atom. The Labute approximate surface area is 446 Å². The number of furan rings is 3. The zero-order chi connectivity index (χ0) is 46.5. The molecule has 3 nitrogen and oxygen atoms in total. The van der Waals surface area contributed by atoms with Gasteiger partial charge in [-0.05, 0) is 78.9 Å². The molecule has 0 radical (unpaired) electrons. The second-order valence-corrected chi connectivity index (χ2v) is 21.5. The van der Waals surface area contributed by atoms with Crippen molar-refractivity contribution >= 4 is 113 Å². The molecule has 10 aromatic carbocycles. The summed E-state index contributed by atoms with van der Waals surface area (Å²) in [6.45, 7) is 0. The fourth-order valence-corrected chi connectivity index (χ4v) is 15.2. The van der Waals surface area contributed by atoms with Crippen LogP contribution in [-0.4, -0.2) is 0 Å². The van der Waals surface area contributed by atoms with Gasteiger partial charge in [-0.1, -0.05) is 140 Å². The van der Waals surface area contributed by atoms with Crippen LogP contribution in [0.4, 0.5) is 0 Å². The maximum Gasteiger partial charge on any atom is 1.00 e. The minimum atomic E-state index is -1.33. The molecule has 0 aliphatic heterocycles. The first kappa shape index (κ1) is 49.1. The SMILES string of the molecule is [Au+].[Au+].[C-]#Cc1ccc2c(c1)oc1ccccc12.[C-]#Cc1ccc2oc3ccccc3c2c1.c1ccc([PH+](c2ccccc2)c2cc3oc4ccccc4c3cc2[PH+](c2ccccc2)c2ccccc2)cc1. The number of rotatable bonds is 6. The van der Waals surface area contributed by atoms with E-state index in [2.05, 4.69) is 170 Å². The number of benzene rings is 10. The minimum Gasteiger partial charge on any atom is -0.458 e. The maximum absolute atomic E-state index is 7.10. The summed E-state index contributed by atoms with van der Waals surface area (Å²) in [6.07, 6.45) is 14.2. The van der Waals surface area contributed by atoms with Crippen LogP contribution in [0.2, 0.25) is 0 Å². The average molecular weight is 1310 g/mol. The Bertz CT molecular complexity index is 3920. The minimum absolute atomic E-state index is 0. The fourth-order valence-electron chi connectivity index (χ4n) is 9.17. The van der Waals surface area contributed by atoms with Crippen molar-refractivity contribution in [3.05, 3.63) is 267 Å². The van der Waals surface area contributed by atoms with Crippen molar-refractivity contribution < 1.29 is 58.0 Å². The number of hydrogen-bond acceptors (Lipinski definition) is 3. The van der Waals surface area contributed by atoms with E-state index in [0.29, 0.717) is 0 Å². The third-order valence-electron chi connectivity index (χ3n) is 12.3. The summed E-state index contributed by atoms with van der Waals surface area (Å²) in [5, 5.41) is 15.1. The van der Waals surface area contributed by atoms with Gasteiger partial charge in [0.1, 0.15) is 81.2 Å². The first-order chi connectivity index (χ1) is 34.1. The maximum atomic E-state index is 7.10. The van der Waals surface area contributed by atoms with Crippen molar-refractivity contribution in [3.8, 4) is 11.8 Å². The van der Waals surface area contributed by atoms with Gasteiger partial charge in [0.25, 0.3) is 0 Å². The first-order valence-corrected chi connectivity index (χ1v) is 25.7. The number of para-hydroxylation sites is 3. The molecule has 0 aliphatic rings. The van der Waals surface area contributed by atoms with Crippen LogP contribution in [0.5, 0.6) is 0 Å². The van der Waals surface area contributed by atoms with Crippen LogP contribution in [0, 0.1) is 24.7 Å². The normalized spacial score (nSPS) is 10.8. The molecule has 346 valence electrons. The summed E-state index contributed by atoms with van der Waals surface area (Å²) in [5.74, 6) is 4.74. The van der Waals surface area contributed by atoms with E-state index in [4.69, 9.17) is 26.1 Å². The largest absolute Gasteiger partial charge is 1.00 e. The van der Waals surface area contributed by atoms with Gasteiger partial charge in [0.15, 0.2) is 0 Å². The van der Waals surface area contributed by atoms with Gasteiger partial charge in [-0.2, -0.15) is 0 Å². The molecule has 3 aromatic heterocycles. The molecule has 0 atom stereocenters. The zero-order valence-electron chi connectivity index (χ0n) is 37.9.